The van der Waals surface area contributed by atoms with Crippen LogP contribution in [-0.2, 0) is 10.3 Å². The summed E-state index contributed by atoms with van der Waals surface area (Å²) < 4.78 is 34.4. The summed E-state index contributed by atoms with van der Waals surface area (Å²) in [4.78, 5) is 0. The number of nitrogens with zero attached hydrogens (tertiary/aromatic N) is 1. The maximum Gasteiger partial charge on any atom is 0.335 e. The van der Waals surface area contributed by atoms with Gasteiger partial charge >= 0.3 is 10.3 Å². The van der Waals surface area contributed by atoms with Gasteiger partial charge in [-0.05, 0) is 12.8 Å². The van der Waals surface area contributed by atoms with Crippen molar-refractivity contribution in [2.24, 2.45) is 0 Å². The molecular weight excluding hydrogens is 538 g/mol. The summed E-state index contributed by atoms with van der Waals surface area (Å²) >= 11 is 0. The summed E-state index contributed by atoms with van der Waals surface area (Å²) in [7, 11) is -4.07. The van der Waals surface area contributed by atoms with Crippen LogP contribution in [-0.4, -0.2) is 30.4 Å². The first-order valence-electron chi connectivity index (χ1n) is 19.2. The van der Waals surface area contributed by atoms with Crippen LogP contribution in [0.25, 0.3) is 0 Å². The number of hydrogen-bond acceptors (Lipinski definition) is 2. The van der Waals surface area contributed by atoms with Gasteiger partial charge in [0.05, 0.1) is 0 Å². The lowest BCUT2D eigenvalue weighted by Gasteiger charge is -2.18. The second kappa shape index (κ2) is 33.8. The second-order valence-corrected chi connectivity index (χ2v) is 14.7. The fourth-order valence-corrected chi connectivity index (χ4v) is 6.91. The van der Waals surface area contributed by atoms with Crippen molar-refractivity contribution in [2.75, 3.05) is 13.1 Å². The molecule has 0 atom stereocenters. The van der Waals surface area contributed by atoms with Crippen LogP contribution in [0, 0.1) is 0 Å². The van der Waals surface area contributed by atoms with Gasteiger partial charge in [0, 0.05) is 13.1 Å². The van der Waals surface area contributed by atoms with Gasteiger partial charge in [-0.15, -0.1) is 0 Å². The molecule has 0 heterocycles. The van der Waals surface area contributed by atoms with Crippen LogP contribution in [0.4, 0.5) is 0 Å². The Hall–Kier alpha value is -0.130. The van der Waals surface area contributed by atoms with E-state index in [0.717, 1.165) is 25.7 Å². The first-order chi connectivity index (χ1) is 20.5. The fraction of sp³-hybridized carbons (Fsp3) is 1.00. The number of unbranched alkanes of at least 4 members (excludes halogenated alkanes) is 31. The molecule has 0 bridgehead atoms. The minimum absolute atomic E-state index is 0.467. The summed E-state index contributed by atoms with van der Waals surface area (Å²) in [6.07, 6.45) is 43.6. The number of rotatable bonds is 36. The Balaban J connectivity index is 3.41. The van der Waals surface area contributed by atoms with Crippen LogP contribution in [0.1, 0.15) is 226 Å². The van der Waals surface area contributed by atoms with Crippen molar-refractivity contribution >= 4 is 10.3 Å². The molecule has 0 spiro atoms. The summed E-state index contributed by atoms with van der Waals surface area (Å²) in [5.74, 6) is 0. The van der Waals surface area contributed by atoms with Crippen LogP contribution in [0.2, 0.25) is 0 Å². The lowest BCUT2D eigenvalue weighted by atomic mass is 10.0. The molecule has 4 nitrogen and oxygen atoms in total. The molecule has 42 heavy (non-hydrogen) atoms. The van der Waals surface area contributed by atoms with Gasteiger partial charge in [-0.3, -0.25) is 4.55 Å². The smallest absolute Gasteiger partial charge is 0.273 e. The fourth-order valence-electron chi connectivity index (χ4n) is 6.19. The molecule has 0 aliphatic rings. The zero-order valence-electron chi connectivity index (χ0n) is 28.9. The predicted molar refractivity (Wildman–Crippen MR) is 187 cm³/mol. The lowest BCUT2D eigenvalue weighted by Crippen LogP contribution is -2.32. The molecule has 0 aromatic rings. The van der Waals surface area contributed by atoms with E-state index in [0.29, 0.717) is 13.1 Å². The van der Waals surface area contributed by atoms with E-state index in [4.69, 9.17) is 0 Å². The molecule has 0 fully saturated rings. The van der Waals surface area contributed by atoms with Crippen molar-refractivity contribution in [1.29, 1.82) is 0 Å². The third-order valence-electron chi connectivity index (χ3n) is 9.10. The molecule has 0 radical (unpaired) electrons. The molecule has 0 saturated carbocycles. The summed E-state index contributed by atoms with van der Waals surface area (Å²) in [6.45, 7) is 5.48. The van der Waals surface area contributed by atoms with Crippen LogP contribution in [0.5, 0.6) is 0 Å². The first-order valence-corrected chi connectivity index (χ1v) is 20.6. The average Bonchev–Trinajstić information content (AvgIpc) is 2.96. The molecule has 0 aliphatic carbocycles. The summed E-state index contributed by atoms with van der Waals surface area (Å²) in [6, 6.07) is 0. The maximum atomic E-state index is 11.8. The minimum atomic E-state index is -4.07. The standard InChI is InChI=1S/C37H77NO3S/c1-3-5-7-9-11-13-15-16-17-18-19-20-21-22-23-24-25-26-27-29-31-33-35-37-38(42(39,40)41)36-34-32-30-28-14-12-10-8-6-4-2/h3-37H2,1-2H3,(H,39,40,41). The molecule has 254 valence electrons. The second-order valence-electron chi connectivity index (χ2n) is 13.3. The van der Waals surface area contributed by atoms with Gasteiger partial charge in [-0.1, -0.05) is 213 Å². The quantitative estimate of drug-likeness (QED) is 0.0563. The SMILES string of the molecule is CCCCCCCCCCCCCCCCCCCCCCCCCN(CCCCCCCCCCCC)S(=O)(=O)O. The zero-order chi connectivity index (χ0) is 30.8. The van der Waals surface area contributed by atoms with E-state index >= 15 is 0 Å². The van der Waals surface area contributed by atoms with Gasteiger partial charge < -0.3 is 0 Å². The van der Waals surface area contributed by atoms with E-state index < -0.39 is 10.3 Å². The van der Waals surface area contributed by atoms with Crippen LogP contribution in [0.3, 0.4) is 0 Å². The Bertz CT molecular complexity index is 610. The first kappa shape index (κ1) is 41.9. The van der Waals surface area contributed by atoms with Gasteiger partial charge in [-0.25, -0.2) is 0 Å². The molecule has 0 saturated heterocycles. The molecule has 0 aliphatic heterocycles. The van der Waals surface area contributed by atoms with Crippen molar-refractivity contribution in [3.8, 4) is 0 Å². The summed E-state index contributed by atoms with van der Waals surface area (Å²) in [5, 5.41) is 0. The van der Waals surface area contributed by atoms with E-state index in [1.54, 1.807) is 0 Å². The third kappa shape index (κ3) is 32.8. The Labute approximate surface area is 265 Å². The molecule has 0 amide bonds. The van der Waals surface area contributed by atoms with E-state index in [2.05, 4.69) is 13.8 Å². The van der Waals surface area contributed by atoms with E-state index in [1.165, 1.54) is 191 Å². The maximum absolute atomic E-state index is 11.8. The van der Waals surface area contributed by atoms with Gasteiger partial charge in [0.1, 0.15) is 0 Å². The number of hydrogen-bond donors (Lipinski definition) is 1. The topological polar surface area (TPSA) is 57.6 Å². The van der Waals surface area contributed by atoms with Crippen molar-refractivity contribution in [3.63, 3.8) is 0 Å². The van der Waals surface area contributed by atoms with Crippen LogP contribution >= 0.6 is 0 Å². The molecular formula is C37H77NO3S. The Kier molecular flexibility index (Phi) is 33.7. The normalized spacial score (nSPS) is 12.1. The third-order valence-corrected chi connectivity index (χ3v) is 10.1. The highest BCUT2D eigenvalue weighted by molar-refractivity contribution is 7.83. The van der Waals surface area contributed by atoms with Gasteiger partial charge in [0.25, 0.3) is 0 Å². The Morgan fingerprint density at radius 2 is 0.500 bits per heavy atom. The molecule has 0 unspecified atom stereocenters. The highest BCUT2D eigenvalue weighted by atomic mass is 32.2. The molecule has 1 N–H and O–H groups in total. The van der Waals surface area contributed by atoms with Crippen LogP contribution in [0.15, 0.2) is 0 Å². The van der Waals surface area contributed by atoms with Crippen molar-refractivity contribution in [3.05, 3.63) is 0 Å². The molecule has 5 heteroatoms. The van der Waals surface area contributed by atoms with Gasteiger partial charge in [0.2, 0.25) is 0 Å². The van der Waals surface area contributed by atoms with Crippen LogP contribution < -0.4 is 0 Å². The van der Waals surface area contributed by atoms with Gasteiger partial charge in [0.15, 0.2) is 0 Å². The van der Waals surface area contributed by atoms with E-state index in [1.807, 2.05) is 0 Å². The van der Waals surface area contributed by atoms with E-state index in [9.17, 15) is 13.0 Å². The summed E-state index contributed by atoms with van der Waals surface area (Å²) in [5.41, 5.74) is 0. The van der Waals surface area contributed by atoms with Crippen molar-refractivity contribution in [1.82, 2.24) is 4.31 Å². The molecule has 0 aromatic carbocycles. The largest absolute Gasteiger partial charge is 0.335 e. The Morgan fingerprint density at radius 3 is 0.667 bits per heavy atom. The van der Waals surface area contributed by atoms with E-state index in [-0.39, 0.29) is 0 Å². The molecule has 0 aromatic heterocycles. The lowest BCUT2D eigenvalue weighted by molar-refractivity contribution is 0.335. The van der Waals surface area contributed by atoms with Crippen molar-refractivity contribution < 1.29 is 13.0 Å². The highest BCUT2D eigenvalue weighted by Crippen LogP contribution is 2.16. The van der Waals surface area contributed by atoms with Gasteiger partial charge in [-0.2, -0.15) is 12.7 Å². The zero-order valence-corrected chi connectivity index (χ0v) is 29.7. The average molecular weight is 616 g/mol. The highest BCUT2D eigenvalue weighted by Gasteiger charge is 2.17. The molecule has 0 rings (SSSR count). The van der Waals surface area contributed by atoms with Crippen molar-refractivity contribution in [2.45, 2.75) is 226 Å². The monoisotopic (exact) mass is 616 g/mol. The minimum Gasteiger partial charge on any atom is -0.273 e. The predicted octanol–water partition coefficient (Wildman–Crippen LogP) is 13.0. The Morgan fingerprint density at radius 1 is 0.333 bits per heavy atom.